The van der Waals surface area contributed by atoms with Crippen LogP contribution in [-0.4, -0.2) is 32.6 Å². The van der Waals surface area contributed by atoms with E-state index < -0.39 is 0 Å². The summed E-state index contributed by atoms with van der Waals surface area (Å²) in [5.41, 5.74) is 2.60. The zero-order chi connectivity index (χ0) is 17.6. The minimum atomic E-state index is -0.305. The average Bonchev–Trinajstić information content (AvgIpc) is 3.01. The van der Waals surface area contributed by atoms with Crippen molar-refractivity contribution in [3.05, 3.63) is 41.1 Å². The molecule has 130 valence electrons. The first-order valence-corrected chi connectivity index (χ1v) is 8.52. The monoisotopic (exact) mass is 339 g/mol. The molecule has 0 spiro atoms. The molecule has 2 aromatic rings. The van der Waals surface area contributed by atoms with Gasteiger partial charge in [-0.15, -0.1) is 0 Å². The highest BCUT2D eigenvalue weighted by Crippen LogP contribution is 2.45. The van der Waals surface area contributed by atoms with Crippen molar-refractivity contribution in [3.8, 4) is 5.75 Å². The quantitative estimate of drug-likeness (QED) is 0.926. The zero-order valence-electron chi connectivity index (χ0n) is 14.6. The first-order valence-electron chi connectivity index (χ1n) is 8.52. The molecule has 7 heteroatoms. The van der Waals surface area contributed by atoms with Gasteiger partial charge in [0.15, 0.2) is 5.78 Å². The van der Waals surface area contributed by atoms with Crippen molar-refractivity contribution in [2.24, 2.45) is 5.41 Å². The Kier molecular flexibility index (Phi) is 3.59. The van der Waals surface area contributed by atoms with Gasteiger partial charge in [0.05, 0.1) is 6.61 Å². The van der Waals surface area contributed by atoms with E-state index in [0.29, 0.717) is 19.0 Å². The van der Waals surface area contributed by atoms with Crippen LogP contribution in [0.25, 0.3) is 0 Å². The highest BCUT2D eigenvalue weighted by atomic mass is 16.5. The summed E-state index contributed by atoms with van der Waals surface area (Å²) in [5, 5.41) is 15.2. The Morgan fingerprint density at radius 2 is 2.04 bits per heavy atom. The van der Waals surface area contributed by atoms with Gasteiger partial charge in [0.1, 0.15) is 11.8 Å². The number of ether oxygens (including phenoxy) is 1. The SMILES string of the molecule is CCOc1ccc([C@@H]2C3=C(CC(C)(C)CC3=O)Nc3nnnn32)cc1. The minimum Gasteiger partial charge on any atom is -0.494 e. The summed E-state index contributed by atoms with van der Waals surface area (Å²) in [7, 11) is 0. The van der Waals surface area contributed by atoms with Gasteiger partial charge in [0.2, 0.25) is 5.95 Å². The summed E-state index contributed by atoms with van der Waals surface area (Å²) in [6.45, 7) is 6.79. The standard InChI is InChI=1S/C18H21N5O2/c1-4-25-12-7-5-11(6-8-12)16-15-13(9-18(2,3)10-14(15)24)19-17-20-21-22-23(16)17/h5-8,16H,4,9-10H2,1-3H3,(H,19,20,22)/t16-/m1/s1. The third-order valence-electron chi connectivity index (χ3n) is 4.70. The Morgan fingerprint density at radius 1 is 1.28 bits per heavy atom. The lowest BCUT2D eigenvalue weighted by molar-refractivity contribution is -0.118. The van der Waals surface area contributed by atoms with Gasteiger partial charge in [-0.25, -0.2) is 0 Å². The number of nitrogens with one attached hydrogen (secondary N) is 1. The van der Waals surface area contributed by atoms with Gasteiger partial charge in [0, 0.05) is 17.7 Å². The van der Waals surface area contributed by atoms with Crippen LogP contribution in [0.15, 0.2) is 35.5 Å². The van der Waals surface area contributed by atoms with Gasteiger partial charge >= 0.3 is 0 Å². The normalized spacial score (nSPS) is 21.4. The molecular weight excluding hydrogens is 318 g/mol. The molecular formula is C18H21N5O2. The second-order valence-electron chi connectivity index (χ2n) is 7.31. The van der Waals surface area contributed by atoms with E-state index in [0.717, 1.165) is 29.0 Å². The molecule has 1 atom stereocenters. The largest absolute Gasteiger partial charge is 0.494 e. The van der Waals surface area contributed by atoms with Crippen molar-refractivity contribution in [3.63, 3.8) is 0 Å². The van der Waals surface area contributed by atoms with Crippen molar-refractivity contribution < 1.29 is 9.53 Å². The molecule has 2 aliphatic rings. The summed E-state index contributed by atoms with van der Waals surface area (Å²) in [6.07, 6.45) is 1.33. The highest BCUT2D eigenvalue weighted by Gasteiger charge is 2.41. The molecule has 0 radical (unpaired) electrons. The summed E-state index contributed by atoms with van der Waals surface area (Å²) in [5.74, 6) is 1.53. The van der Waals surface area contributed by atoms with Crippen LogP contribution in [0.5, 0.6) is 5.75 Å². The predicted octanol–water partition coefficient (Wildman–Crippen LogP) is 2.73. The van der Waals surface area contributed by atoms with Crippen molar-refractivity contribution in [1.82, 2.24) is 20.2 Å². The van der Waals surface area contributed by atoms with Crippen LogP contribution in [0.2, 0.25) is 0 Å². The number of rotatable bonds is 3. The Labute approximate surface area is 146 Å². The van der Waals surface area contributed by atoms with E-state index in [1.54, 1.807) is 4.68 Å². The van der Waals surface area contributed by atoms with Crippen LogP contribution in [0.4, 0.5) is 5.95 Å². The maximum atomic E-state index is 12.9. The number of tetrazole rings is 1. The van der Waals surface area contributed by atoms with E-state index in [-0.39, 0.29) is 17.2 Å². The number of hydrogen-bond acceptors (Lipinski definition) is 6. The number of aromatic nitrogens is 4. The molecule has 0 saturated carbocycles. The second kappa shape index (κ2) is 5.68. The van der Waals surface area contributed by atoms with Crippen LogP contribution >= 0.6 is 0 Å². The predicted molar refractivity (Wildman–Crippen MR) is 92.2 cm³/mol. The number of hydrogen-bond donors (Lipinski definition) is 1. The van der Waals surface area contributed by atoms with Crippen LogP contribution in [0.1, 0.15) is 45.2 Å². The van der Waals surface area contributed by atoms with E-state index in [1.165, 1.54) is 0 Å². The number of fused-ring (bicyclic) bond motifs is 1. The lowest BCUT2D eigenvalue weighted by Gasteiger charge is -2.37. The molecule has 0 saturated heterocycles. The Bertz CT molecular complexity index is 851. The summed E-state index contributed by atoms with van der Waals surface area (Å²) in [6, 6.07) is 7.49. The Balaban J connectivity index is 1.81. The molecule has 2 heterocycles. The average molecular weight is 339 g/mol. The summed E-state index contributed by atoms with van der Waals surface area (Å²) >= 11 is 0. The van der Waals surface area contributed by atoms with Gasteiger partial charge in [0.25, 0.3) is 0 Å². The van der Waals surface area contributed by atoms with E-state index in [9.17, 15) is 4.79 Å². The molecule has 25 heavy (non-hydrogen) atoms. The van der Waals surface area contributed by atoms with Gasteiger partial charge in [-0.05, 0) is 46.9 Å². The molecule has 1 aliphatic heterocycles. The van der Waals surface area contributed by atoms with E-state index >= 15 is 0 Å². The lowest BCUT2D eigenvalue weighted by Crippen LogP contribution is -2.36. The van der Waals surface area contributed by atoms with E-state index in [2.05, 4.69) is 34.7 Å². The van der Waals surface area contributed by atoms with Crippen molar-refractivity contribution >= 4 is 11.7 Å². The number of allylic oxidation sites excluding steroid dienone is 2. The maximum absolute atomic E-state index is 12.9. The van der Waals surface area contributed by atoms with Crippen LogP contribution in [-0.2, 0) is 4.79 Å². The maximum Gasteiger partial charge on any atom is 0.248 e. The third kappa shape index (κ3) is 2.69. The number of ketones is 1. The Morgan fingerprint density at radius 3 is 2.76 bits per heavy atom. The van der Waals surface area contributed by atoms with Gasteiger partial charge in [-0.3, -0.25) is 4.79 Å². The van der Waals surface area contributed by atoms with Crippen LogP contribution < -0.4 is 10.1 Å². The molecule has 0 amide bonds. The molecule has 0 unspecified atom stereocenters. The number of benzene rings is 1. The molecule has 1 N–H and O–H groups in total. The van der Waals surface area contributed by atoms with E-state index in [4.69, 9.17) is 4.74 Å². The molecule has 0 bridgehead atoms. The Hall–Kier alpha value is -2.70. The smallest absolute Gasteiger partial charge is 0.248 e. The minimum absolute atomic E-state index is 0.0675. The van der Waals surface area contributed by atoms with Gasteiger partial charge < -0.3 is 10.1 Å². The lowest BCUT2D eigenvalue weighted by atomic mass is 9.73. The number of nitrogens with zero attached hydrogens (tertiary/aromatic N) is 4. The molecule has 0 fully saturated rings. The van der Waals surface area contributed by atoms with Crippen molar-refractivity contribution in [2.45, 2.75) is 39.7 Å². The van der Waals surface area contributed by atoms with Gasteiger partial charge in [-0.1, -0.05) is 31.1 Å². The molecule has 1 aromatic carbocycles. The third-order valence-corrected chi connectivity index (χ3v) is 4.70. The first kappa shape index (κ1) is 15.8. The fourth-order valence-corrected chi connectivity index (χ4v) is 3.69. The van der Waals surface area contributed by atoms with E-state index in [1.807, 2.05) is 31.2 Å². The molecule has 1 aromatic heterocycles. The molecule has 1 aliphatic carbocycles. The number of carbonyl (C=O) groups excluding carboxylic acids is 1. The molecule has 7 nitrogen and oxygen atoms in total. The van der Waals surface area contributed by atoms with Crippen molar-refractivity contribution in [1.29, 1.82) is 0 Å². The second-order valence-corrected chi connectivity index (χ2v) is 7.31. The first-order chi connectivity index (χ1) is 12.0. The summed E-state index contributed by atoms with van der Waals surface area (Å²) in [4.78, 5) is 12.9. The van der Waals surface area contributed by atoms with Crippen LogP contribution in [0.3, 0.4) is 0 Å². The molecule has 4 rings (SSSR count). The van der Waals surface area contributed by atoms with Crippen molar-refractivity contribution in [2.75, 3.05) is 11.9 Å². The fraction of sp³-hybridized carbons (Fsp3) is 0.444. The number of anilines is 1. The zero-order valence-corrected chi connectivity index (χ0v) is 14.6. The summed E-state index contributed by atoms with van der Waals surface area (Å²) < 4.78 is 7.20. The number of Topliss-reactive ketones (excluding diaryl/α,β-unsaturated/α-hetero) is 1. The van der Waals surface area contributed by atoms with Gasteiger partial charge in [-0.2, -0.15) is 4.68 Å². The highest BCUT2D eigenvalue weighted by molar-refractivity contribution is 6.00. The number of carbonyl (C=O) groups is 1. The fourth-order valence-electron chi connectivity index (χ4n) is 3.69. The van der Waals surface area contributed by atoms with Crippen LogP contribution in [0, 0.1) is 5.41 Å². The topological polar surface area (TPSA) is 81.9 Å².